The summed E-state index contributed by atoms with van der Waals surface area (Å²) in [6, 6.07) is 6.60. The van der Waals surface area contributed by atoms with Crippen LogP contribution in [0.5, 0.6) is 5.75 Å². The molecule has 1 N–H and O–H groups in total. The highest BCUT2D eigenvalue weighted by Crippen LogP contribution is 2.35. The Morgan fingerprint density at radius 1 is 1.19 bits per heavy atom. The van der Waals surface area contributed by atoms with E-state index in [2.05, 4.69) is 36.9 Å². The smallest absolute Gasteiger partial charge is 0.309 e. The molecule has 27 heavy (non-hydrogen) atoms. The summed E-state index contributed by atoms with van der Waals surface area (Å²) in [4.78, 5) is 13.2. The molecular formula is C23H31NO3. The summed E-state index contributed by atoms with van der Waals surface area (Å²) < 4.78 is 6.28. The van der Waals surface area contributed by atoms with Crippen LogP contribution in [0.2, 0.25) is 0 Å². The number of nitrogens with zero attached hydrogens (tertiary/aromatic N) is 1. The molecule has 1 heterocycles. The molecular weight excluding hydrogens is 338 g/mol. The zero-order chi connectivity index (χ0) is 19.0. The van der Waals surface area contributed by atoms with Crippen LogP contribution in [-0.2, 0) is 11.2 Å². The van der Waals surface area contributed by atoms with Crippen molar-refractivity contribution in [3.63, 3.8) is 0 Å². The van der Waals surface area contributed by atoms with Gasteiger partial charge >= 0.3 is 5.97 Å². The molecule has 0 atom stereocenters. The number of carbonyl (C=O) groups is 1. The van der Waals surface area contributed by atoms with Gasteiger partial charge in [0.1, 0.15) is 5.75 Å². The van der Waals surface area contributed by atoms with Crippen molar-refractivity contribution in [3.05, 3.63) is 34.9 Å². The number of hydrogen-bond donors (Lipinski definition) is 1. The Bertz CT molecular complexity index is 740. The Balaban J connectivity index is 1.40. The number of likely N-dealkylation sites (tertiary alicyclic amines) is 1. The second-order valence-corrected chi connectivity index (χ2v) is 8.78. The Kier molecular flexibility index (Phi) is 5.27. The van der Waals surface area contributed by atoms with E-state index in [0.29, 0.717) is 19.2 Å². The monoisotopic (exact) mass is 369 g/mol. The van der Waals surface area contributed by atoms with E-state index in [1.165, 1.54) is 48.0 Å². The molecule has 1 aliphatic heterocycles. The lowest BCUT2D eigenvalue weighted by molar-refractivity contribution is -0.147. The lowest BCUT2D eigenvalue weighted by atomic mass is 9.85. The topological polar surface area (TPSA) is 49.8 Å². The van der Waals surface area contributed by atoms with Gasteiger partial charge < -0.3 is 9.84 Å². The average Bonchev–Trinajstić information content (AvgIpc) is 2.61. The van der Waals surface area contributed by atoms with Gasteiger partial charge in [0.05, 0.1) is 12.0 Å². The number of rotatable bonds is 5. The zero-order valence-electron chi connectivity index (χ0n) is 16.5. The Hall–Kier alpha value is -1.81. The normalized spacial score (nSPS) is 26.4. The van der Waals surface area contributed by atoms with Crippen molar-refractivity contribution in [2.75, 3.05) is 19.6 Å². The van der Waals surface area contributed by atoms with E-state index in [1.54, 1.807) is 0 Å². The largest absolute Gasteiger partial charge is 0.490 e. The summed E-state index contributed by atoms with van der Waals surface area (Å²) >= 11 is 0. The van der Waals surface area contributed by atoms with E-state index in [4.69, 9.17) is 9.84 Å². The Morgan fingerprint density at radius 3 is 2.63 bits per heavy atom. The van der Waals surface area contributed by atoms with Crippen LogP contribution in [0.1, 0.15) is 57.1 Å². The molecule has 2 aliphatic carbocycles. The number of fused-ring (bicyclic) bond motifs is 1. The predicted octanol–water partition coefficient (Wildman–Crippen LogP) is 4.38. The molecule has 0 radical (unpaired) electrons. The number of carboxylic acid groups (broad SMARTS) is 1. The molecule has 146 valence electrons. The first-order valence-corrected chi connectivity index (χ1v) is 10.4. The van der Waals surface area contributed by atoms with Crippen LogP contribution in [0.15, 0.2) is 23.8 Å². The van der Waals surface area contributed by atoms with Crippen molar-refractivity contribution in [3.8, 4) is 5.75 Å². The highest BCUT2D eigenvalue weighted by molar-refractivity contribution is 5.73. The van der Waals surface area contributed by atoms with Crippen LogP contribution in [0.25, 0.3) is 5.57 Å². The molecule has 0 unspecified atom stereocenters. The Labute approximate surface area is 162 Å². The summed E-state index contributed by atoms with van der Waals surface area (Å²) in [6.07, 6.45) is 7.40. The van der Waals surface area contributed by atoms with E-state index in [9.17, 15) is 4.79 Å². The lowest BCUT2D eigenvalue weighted by Crippen LogP contribution is -2.50. The van der Waals surface area contributed by atoms with Crippen LogP contribution in [0.4, 0.5) is 0 Å². The van der Waals surface area contributed by atoms with Crippen LogP contribution >= 0.6 is 0 Å². The summed E-state index contributed by atoms with van der Waals surface area (Å²) in [7, 11) is 0. The number of aryl methyl sites for hydroxylation is 1. The molecule has 0 amide bonds. The first kappa shape index (κ1) is 18.5. The SMILES string of the molecule is CC1=C(CN2CC(C(=O)O)C2)CCc2cc(OC3CCC(C)CC3)ccc21. The van der Waals surface area contributed by atoms with Gasteiger partial charge in [0, 0.05) is 19.6 Å². The fourth-order valence-electron chi connectivity index (χ4n) is 4.74. The number of aliphatic carboxylic acids is 1. The minimum Gasteiger partial charge on any atom is -0.490 e. The number of hydrogen-bond acceptors (Lipinski definition) is 3. The number of carboxylic acids is 1. The van der Waals surface area contributed by atoms with Gasteiger partial charge in [-0.25, -0.2) is 0 Å². The predicted molar refractivity (Wildman–Crippen MR) is 107 cm³/mol. The average molecular weight is 370 g/mol. The van der Waals surface area contributed by atoms with Gasteiger partial charge in [-0.2, -0.15) is 0 Å². The van der Waals surface area contributed by atoms with E-state index in [0.717, 1.165) is 31.1 Å². The van der Waals surface area contributed by atoms with Gasteiger partial charge in [-0.15, -0.1) is 0 Å². The maximum Gasteiger partial charge on any atom is 0.309 e. The minimum atomic E-state index is -0.661. The van der Waals surface area contributed by atoms with E-state index in [-0.39, 0.29) is 5.92 Å². The quantitative estimate of drug-likeness (QED) is 0.837. The van der Waals surface area contributed by atoms with Crippen molar-refractivity contribution in [1.82, 2.24) is 4.90 Å². The molecule has 1 saturated heterocycles. The van der Waals surface area contributed by atoms with E-state index in [1.807, 2.05) is 0 Å². The molecule has 1 saturated carbocycles. The zero-order valence-corrected chi connectivity index (χ0v) is 16.5. The fourth-order valence-corrected chi connectivity index (χ4v) is 4.74. The third-order valence-electron chi connectivity index (χ3n) is 6.69. The molecule has 3 aliphatic rings. The molecule has 0 spiro atoms. The van der Waals surface area contributed by atoms with Crippen LogP contribution in [0.3, 0.4) is 0 Å². The van der Waals surface area contributed by atoms with E-state index < -0.39 is 5.97 Å². The van der Waals surface area contributed by atoms with Crippen molar-refractivity contribution < 1.29 is 14.6 Å². The summed E-state index contributed by atoms with van der Waals surface area (Å²) in [5, 5.41) is 9.04. The molecule has 0 aromatic heterocycles. The van der Waals surface area contributed by atoms with Crippen LogP contribution < -0.4 is 4.74 Å². The van der Waals surface area contributed by atoms with Gasteiger partial charge in [0.15, 0.2) is 0 Å². The number of ether oxygens (including phenoxy) is 1. The highest BCUT2D eigenvalue weighted by Gasteiger charge is 2.33. The maximum absolute atomic E-state index is 11.0. The van der Waals surface area contributed by atoms with Crippen LogP contribution in [-0.4, -0.2) is 41.7 Å². The number of allylic oxidation sites excluding steroid dienone is 1. The van der Waals surface area contributed by atoms with Crippen molar-refractivity contribution >= 4 is 11.5 Å². The summed E-state index contributed by atoms with van der Waals surface area (Å²) in [6.45, 7) is 6.83. The van der Waals surface area contributed by atoms with Gasteiger partial charge in [0.2, 0.25) is 0 Å². The Morgan fingerprint density at radius 2 is 1.93 bits per heavy atom. The first-order valence-electron chi connectivity index (χ1n) is 10.4. The van der Waals surface area contributed by atoms with Gasteiger partial charge in [0.25, 0.3) is 0 Å². The minimum absolute atomic E-state index is 0.177. The third kappa shape index (κ3) is 4.06. The molecule has 1 aromatic rings. The van der Waals surface area contributed by atoms with Gasteiger partial charge in [-0.3, -0.25) is 9.69 Å². The molecule has 4 nitrogen and oxygen atoms in total. The standard InChI is InChI=1S/C23H31NO3/c1-15-3-7-20(8-4-15)27-21-9-10-22-16(2)18(6-5-17(22)11-21)12-24-13-19(14-24)23(25)26/h9-11,15,19-20H,3-8,12-14H2,1-2H3,(H,25,26). The van der Waals surface area contributed by atoms with Crippen molar-refractivity contribution in [2.24, 2.45) is 11.8 Å². The van der Waals surface area contributed by atoms with Crippen molar-refractivity contribution in [1.29, 1.82) is 0 Å². The lowest BCUT2D eigenvalue weighted by Gasteiger charge is -2.38. The van der Waals surface area contributed by atoms with Crippen molar-refractivity contribution in [2.45, 2.75) is 58.5 Å². The second kappa shape index (κ2) is 7.67. The third-order valence-corrected chi connectivity index (χ3v) is 6.69. The summed E-state index contributed by atoms with van der Waals surface area (Å²) in [5.74, 6) is 1.03. The molecule has 4 heteroatoms. The van der Waals surface area contributed by atoms with E-state index >= 15 is 0 Å². The van der Waals surface area contributed by atoms with Gasteiger partial charge in [-0.1, -0.05) is 18.6 Å². The molecule has 0 bridgehead atoms. The molecule has 1 aromatic carbocycles. The maximum atomic E-state index is 11.0. The number of benzene rings is 1. The fraction of sp³-hybridized carbons (Fsp3) is 0.609. The van der Waals surface area contributed by atoms with Gasteiger partial charge in [-0.05, 0) is 80.2 Å². The highest BCUT2D eigenvalue weighted by atomic mass is 16.5. The first-order chi connectivity index (χ1) is 13.0. The summed E-state index contributed by atoms with van der Waals surface area (Å²) in [5.41, 5.74) is 5.57. The van der Waals surface area contributed by atoms with Crippen LogP contribution in [0, 0.1) is 11.8 Å². The molecule has 4 rings (SSSR count). The second-order valence-electron chi connectivity index (χ2n) is 8.78. The molecule has 2 fully saturated rings.